The molecule has 0 aliphatic heterocycles. The number of benzene rings is 2. The van der Waals surface area contributed by atoms with Crippen molar-refractivity contribution < 1.29 is 18.0 Å². The summed E-state index contributed by atoms with van der Waals surface area (Å²) < 4.78 is 39.1. The maximum atomic E-state index is 13.2. The number of anilines is 1. The van der Waals surface area contributed by atoms with Crippen molar-refractivity contribution in [1.29, 1.82) is 0 Å². The van der Waals surface area contributed by atoms with Crippen molar-refractivity contribution >= 4 is 11.6 Å². The molecule has 2 rings (SSSR count). The van der Waals surface area contributed by atoms with Crippen molar-refractivity contribution in [3.8, 4) is 0 Å². The molecule has 1 unspecified atom stereocenters. The fraction of sp³-hybridized carbons (Fsp3) is 0.0714. The minimum Gasteiger partial charge on any atom is -0.370 e. The number of nitrogens with two attached hydrogens (primary N) is 1. The van der Waals surface area contributed by atoms with Crippen LogP contribution in [0, 0.1) is 17.5 Å². The first-order chi connectivity index (χ1) is 9.45. The maximum Gasteiger partial charge on any atom is 0.244 e. The van der Waals surface area contributed by atoms with E-state index in [1.165, 1.54) is 24.3 Å². The van der Waals surface area contributed by atoms with Gasteiger partial charge < -0.3 is 11.1 Å². The third-order valence-electron chi connectivity index (χ3n) is 2.66. The van der Waals surface area contributed by atoms with Crippen LogP contribution in [0.5, 0.6) is 0 Å². The van der Waals surface area contributed by atoms with Gasteiger partial charge in [0.05, 0.1) is 0 Å². The van der Waals surface area contributed by atoms with Gasteiger partial charge in [0.2, 0.25) is 5.91 Å². The quantitative estimate of drug-likeness (QED) is 0.904. The van der Waals surface area contributed by atoms with E-state index >= 15 is 0 Å². The number of nitrogens with one attached hydrogen (secondary N) is 1. The molecular weight excluding hydrogens is 269 g/mol. The van der Waals surface area contributed by atoms with Gasteiger partial charge in [-0.1, -0.05) is 0 Å². The fourth-order valence-electron chi connectivity index (χ4n) is 1.77. The molecule has 0 aliphatic carbocycles. The molecule has 20 heavy (non-hydrogen) atoms. The lowest BCUT2D eigenvalue weighted by Gasteiger charge is -2.17. The highest BCUT2D eigenvalue weighted by Crippen LogP contribution is 2.21. The van der Waals surface area contributed by atoms with E-state index < -0.39 is 29.4 Å². The summed E-state index contributed by atoms with van der Waals surface area (Å²) in [5.74, 6) is -2.87. The molecule has 2 aromatic rings. The van der Waals surface area contributed by atoms with Crippen LogP contribution in [0.25, 0.3) is 0 Å². The molecule has 2 aromatic carbocycles. The van der Waals surface area contributed by atoms with E-state index in [-0.39, 0.29) is 5.56 Å². The van der Waals surface area contributed by atoms with Crippen LogP contribution < -0.4 is 11.1 Å². The summed E-state index contributed by atoms with van der Waals surface area (Å²) in [6, 6.07) is 6.75. The summed E-state index contributed by atoms with van der Waals surface area (Å²) in [6.07, 6.45) is 0. The molecule has 0 radical (unpaired) electrons. The first kappa shape index (κ1) is 13.9. The van der Waals surface area contributed by atoms with Crippen LogP contribution in [-0.4, -0.2) is 5.91 Å². The topological polar surface area (TPSA) is 55.1 Å². The number of rotatable bonds is 4. The number of hydrogen-bond acceptors (Lipinski definition) is 2. The van der Waals surface area contributed by atoms with Crippen molar-refractivity contribution in [2.45, 2.75) is 6.04 Å². The Bertz CT molecular complexity index is 609. The molecule has 0 bridgehead atoms. The van der Waals surface area contributed by atoms with Crippen LogP contribution in [0.1, 0.15) is 11.6 Å². The Morgan fingerprint density at radius 1 is 0.950 bits per heavy atom. The highest BCUT2D eigenvalue weighted by Gasteiger charge is 2.19. The van der Waals surface area contributed by atoms with Crippen LogP contribution in [0.3, 0.4) is 0 Å². The standard InChI is InChI=1S/C14H11F3N2O/c15-9-1-3-12(4-2-9)19-13(14(18)20)8-5-10(16)7-11(17)6-8/h1-7,13,19H,(H2,18,20). The van der Waals surface area contributed by atoms with Gasteiger partial charge in [-0.25, -0.2) is 13.2 Å². The first-order valence-corrected chi connectivity index (χ1v) is 5.73. The highest BCUT2D eigenvalue weighted by molar-refractivity contribution is 5.84. The van der Waals surface area contributed by atoms with Gasteiger partial charge in [-0.3, -0.25) is 4.79 Å². The van der Waals surface area contributed by atoms with Crippen molar-refractivity contribution in [3.63, 3.8) is 0 Å². The minimum atomic E-state index is -1.12. The van der Waals surface area contributed by atoms with Gasteiger partial charge in [0, 0.05) is 11.8 Å². The molecule has 0 saturated heterocycles. The van der Waals surface area contributed by atoms with Gasteiger partial charge in [0.15, 0.2) is 0 Å². The lowest BCUT2D eigenvalue weighted by atomic mass is 10.1. The average molecular weight is 280 g/mol. The number of carbonyl (C=O) groups excluding carboxylic acids is 1. The van der Waals surface area contributed by atoms with Crippen LogP contribution in [0.4, 0.5) is 18.9 Å². The molecule has 0 aromatic heterocycles. The summed E-state index contributed by atoms with van der Waals surface area (Å²) in [5, 5.41) is 2.70. The third-order valence-corrected chi connectivity index (χ3v) is 2.66. The molecular formula is C14H11F3N2O. The van der Waals surface area contributed by atoms with Crippen molar-refractivity contribution in [1.82, 2.24) is 0 Å². The number of primary amides is 1. The molecule has 0 spiro atoms. The largest absolute Gasteiger partial charge is 0.370 e. The molecule has 0 fully saturated rings. The third kappa shape index (κ3) is 3.28. The molecule has 104 valence electrons. The number of halogens is 3. The maximum absolute atomic E-state index is 13.2. The van der Waals surface area contributed by atoms with Gasteiger partial charge in [0.25, 0.3) is 0 Å². The predicted molar refractivity (Wildman–Crippen MR) is 68.3 cm³/mol. The summed E-state index contributed by atoms with van der Waals surface area (Å²) in [6.45, 7) is 0. The first-order valence-electron chi connectivity index (χ1n) is 5.73. The summed E-state index contributed by atoms with van der Waals surface area (Å²) in [7, 11) is 0. The Balaban J connectivity index is 2.31. The average Bonchev–Trinajstić information content (AvgIpc) is 2.36. The van der Waals surface area contributed by atoms with Gasteiger partial charge in [0.1, 0.15) is 23.5 Å². The Labute approximate surface area is 113 Å². The zero-order valence-corrected chi connectivity index (χ0v) is 10.2. The molecule has 0 aliphatic rings. The number of carbonyl (C=O) groups is 1. The number of amides is 1. The minimum absolute atomic E-state index is 0.0549. The Kier molecular flexibility index (Phi) is 3.93. The fourth-order valence-corrected chi connectivity index (χ4v) is 1.77. The van der Waals surface area contributed by atoms with E-state index in [9.17, 15) is 18.0 Å². The Hall–Kier alpha value is -2.50. The predicted octanol–water partition coefficient (Wildman–Crippen LogP) is 2.74. The van der Waals surface area contributed by atoms with Crippen LogP contribution in [0.2, 0.25) is 0 Å². The molecule has 6 heteroatoms. The van der Waals surface area contributed by atoms with E-state index in [2.05, 4.69) is 5.32 Å². The number of hydrogen-bond donors (Lipinski definition) is 2. The molecule has 1 atom stereocenters. The second-order valence-electron chi connectivity index (χ2n) is 4.19. The second-order valence-corrected chi connectivity index (χ2v) is 4.19. The van der Waals surface area contributed by atoms with Crippen molar-refractivity contribution in [2.24, 2.45) is 5.73 Å². The highest BCUT2D eigenvalue weighted by atomic mass is 19.1. The van der Waals surface area contributed by atoms with E-state index in [1.807, 2.05) is 0 Å². The van der Waals surface area contributed by atoms with Crippen LogP contribution >= 0.6 is 0 Å². The molecule has 3 N–H and O–H groups in total. The molecule has 1 amide bonds. The molecule has 3 nitrogen and oxygen atoms in total. The Morgan fingerprint density at radius 2 is 1.50 bits per heavy atom. The van der Waals surface area contributed by atoms with Gasteiger partial charge >= 0.3 is 0 Å². The van der Waals surface area contributed by atoms with E-state index in [0.29, 0.717) is 11.8 Å². The molecule has 0 saturated carbocycles. The van der Waals surface area contributed by atoms with Crippen molar-refractivity contribution in [2.75, 3.05) is 5.32 Å². The summed E-state index contributed by atoms with van der Waals surface area (Å²) in [4.78, 5) is 11.4. The monoisotopic (exact) mass is 280 g/mol. The summed E-state index contributed by atoms with van der Waals surface area (Å²) in [5.41, 5.74) is 5.68. The van der Waals surface area contributed by atoms with E-state index in [1.54, 1.807) is 0 Å². The second kappa shape index (κ2) is 5.64. The smallest absolute Gasteiger partial charge is 0.244 e. The van der Waals surface area contributed by atoms with Crippen LogP contribution in [-0.2, 0) is 4.79 Å². The lowest BCUT2D eigenvalue weighted by molar-refractivity contribution is -0.118. The van der Waals surface area contributed by atoms with Gasteiger partial charge in [-0.2, -0.15) is 0 Å². The van der Waals surface area contributed by atoms with Crippen LogP contribution in [0.15, 0.2) is 42.5 Å². The van der Waals surface area contributed by atoms with Crippen molar-refractivity contribution in [3.05, 3.63) is 65.5 Å². The van der Waals surface area contributed by atoms with E-state index in [0.717, 1.165) is 12.1 Å². The van der Waals surface area contributed by atoms with Gasteiger partial charge in [-0.15, -0.1) is 0 Å². The Morgan fingerprint density at radius 3 is 2.00 bits per heavy atom. The lowest BCUT2D eigenvalue weighted by Crippen LogP contribution is -2.28. The van der Waals surface area contributed by atoms with Gasteiger partial charge in [-0.05, 0) is 42.0 Å². The summed E-state index contributed by atoms with van der Waals surface area (Å²) >= 11 is 0. The molecule has 0 heterocycles. The normalized spacial score (nSPS) is 11.9. The zero-order chi connectivity index (χ0) is 14.7. The zero-order valence-electron chi connectivity index (χ0n) is 10.2. The van der Waals surface area contributed by atoms with E-state index in [4.69, 9.17) is 5.73 Å². The SMILES string of the molecule is NC(=O)C(Nc1ccc(F)cc1)c1cc(F)cc(F)c1.